The summed E-state index contributed by atoms with van der Waals surface area (Å²) in [5.41, 5.74) is 12.7. The maximum atomic E-state index is 4.80. The van der Waals surface area contributed by atoms with Gasteiger partial charge in [0.2, 0.25) is 0 Å². The van der Waals surface area contributed by atoms with Crippen molar-refractivity contribution in [2.45, 2.75) is 26.2 Å². The molecule has 3 nitrogen and oxygen atoms in total. The van der Waals surface area contributed by atoms with Crippen LogP contribution in [-0.4, -0.2) is 9.55 Å². The summed E-state index contributed by atoms with van der Waals surface area (Å²) in [7, 11) is 0. The van der Waals surface area contributed by atoms with E-state index in [0.29, 0.717) is 0 Å². The number of hydrogen-bond donors (Lipinski definition) is 0. The highest BCUT2D eigenvalue weighted by Gasteiger charge is 2.37. The maximum Gasteiger partial charge on any atom is 0.137 e. The monoisotopic (exact) mass is 619 g/mol. The van der Waals surface area contributed by atoms with Crippen LogP contribution in [0.1, 0.15) is 31.9 Å². The Balaban J connectivity index is 1.20. The molecule has 7 aromatic rings. The highest BCUT2D eigenvalue weighted by atomic mass is 15.2. The molecule has 3 heteroatoms. The average molecular weight is 620 g/mol. The van der Waals surface area contributed by atoms with E-state index in [9.17, 15) is 0 Å². The number of nitrogens with zero attached hydrogens (tertiary/aromatic N) is 3. The number of rotatable bonds is 6. The Morgan fingerprint density at radius 1 is 0.708 bits per heavy atom. The van der Waals surface area contributed by atoms with Gasteiger partial charge in [-0.2, -0.15) is 0 Å². The molecule has 1 aliphatic rings. The van der Waals surface area contributed by atoms with Gasteiger partial charge >= 0.3 is 0 Å². The quantitative estimate of drug-likeness (QED) is 0.185. The molecule has 232 valence electrons. The van der Waals surface area contributed by atoms with Crippen molar-refractivity contribution in [1.82, 2.24) is 9.55 Å². The van der Waals surface area contributed by atoms with Crippen LogP contribution in [0.25, 0.3) is 44.2 Å². The summed E-state index contributed by atoms with van der Waals surface area (Å²) in [4.78, 5) is 7.03. The van der Waals surface area contributed by atoms with Crippen LogP contribution in [0, 0.1) is 0 Å². The minimum absolute atomic E-state index is 0.163. The fraction of sp³-hybridized carbons (Fsp3) is 0.0889. The van der Waals surface area contributed by atoms with Crippen molar-refractivity contribution in [2.24, 2.45) is 0 Å². The third-order valence-electron chi connectivity index (χ3n) is 9.79. The molecule has 0 unspecified atom stereocenters. The number of allylic oxidation sites excluding steroid dienone is 4. The van der Waals surface area contributed by atoms with Crippen LogP contribution in [0.15, 0.2) is 176 Å². The van der Waals surface area contributed by atoms with Gasteiger partial charge in [-0.15, -0.1) is 0 Å². The van der Waals surface area contributed by atoms with Gasteiger partial charge in [-0.05, 0) is 101 Å². The molecule has 48 heavy (non-hydrogen) atoms. The second-order valence-corrected chi connectivity index (χ2v) is 12.9. The maximum absolute atomic E-state index is 4.80. The molecule has 0 spiro atoms. The summed E-state index contributed by atoms with van der Waals surface area (Å²) in [6.07, 6.45) is 6.31. The normalized spacial score (nSPS) is 14.9. The molecule has 0 bridgehead atoms. The number of fused-ring (bicyclic) bond motifs is 4. The molecule has 0 saturated heterocycles. The van der Waals surface area contributed by atoms with Gasteiger partial charge in [0.15, 0.2) is 0 Å². The Labute approximate surface area is 282 Å². The van der Waals surface area contributed by atoms with E-state index in [1.54, 1.807) is 0 Å². The van der Waals surface area contributed by atoms with Crippen LogP contribution in [-0.2, 0) is 5.41 Å². The molecule has 0 aliphatic heterocycles. The molecule has 0 fully saturated rings. The Morgan fingerprint density at radius 3 is 2.15 bits per heavy atom. The summed E-state index contributed by atoms with van der Waals surface area (Å²) in [5, 5.41) is 2.50. The highest BCUT2D eigenvalue weighted by molar-refractivity contribution is 6.10. The van der Waals surface area contributed by atoms with Crippen molar-refractivity contribution in [3.63, 3.8) is 0 Å². The first-order valence-electron chi connectivity index (χ1n) is 16.5. The fourth-order valence-electron chi connectivity index (χ4n) is 7.36. The lowest BCUT2D eigenvalue weighted by Crippen LogP contribution is -2.20. The first-order chi connectivity index (χ1) is 23.5. The number of hydrogen-bond acceptors (Lipinski definition) is 2. The van der Waals surface area contributed by atoms with E-state index in [1.165, 1.54) is 55.3 Å². The van der Waals surface area contributed by atoms with E-state index in [2.05, 4.69) is 176 Å². The molecule has 1 aliphatic carbocycles. The van der Waals surface area contributed by atoms with E-state index in [-0.39, 0.29) is 5.41 Å². The van der Waals surface area contributed by atoms with Gasteiger partial charge in [-0.25, -0.2) is 4.98 Å². The SMILES string of the molecule is C=C1/C(=C\C(=C/C)N(c2ccc(-c3ccc4c(c3)c3ccccc3n4-c3ccccc3)cc2)c2ccccn2)C(C)(C)c2ccccc21. The minimum atomic E-state index is -0.163. The first kappa shape index (κ1) is 29.5. The van der Waals surface area contributed by atoms with Gasteiger partial charge in [-0.1, -0.05) is 111 Å². The number of aromatic nitrogens is 2. The molecule has 0 N–H and O–H groups in total. The zero-order chi connectivity index (χ0) is 32.8. The topological polar surface area (TPSA) is 21.1 Å². The Hall–Kier alpha value is -5.93. The van der Waals surface area contributed by atoms with Gasteiger partial charge in [0.05, 0.1) is 11.0 Å². The molecular formula is C45H37N3. The zero-order valence-corrected chi connectivity index (χ0v) is 27.6. The largest absolute Gasteiger partial charge is 0.309 e. The van der Waals surface area contributed by atoms with Crippen molar-refractivity contribution < 1.29 is 0 Å². The predicted octanol–water partition coefficient (Wildman–Crippen LogP) is 11.8. The number of anilines is 2. The summed E-state index contributed by atoms with van der Waals surface area (Å²) in [5.74, 6) is 0.865. The second kappa shape index (κ2) is 11.7. The van der Waals surface area contributed by atoms with Gasteiger partial charge in [0.25, 0.3) is 0 Å². The minimum Gasteiger partial charge on any atom is -0.309 e. The third kappa shape index (κ3) is 4.78. The molecule has 2 aromatic heterocycles. The lowest BCUT2D eigenvalue weighted by atomic mass is 9.82. The van der Waals surface area contributed by atoms with Gasteiger partial charge in [-0.3, -0.25) is 4.90 Å². The smallest absolute Gasteiger partial charge is 0.137 e. The molecule has 0 radical (unpaired) electrons. The van der Waals surface area contributed by atoms with Crippen LogP contribution in [0.4, 0.5) is 11.5 Å². The lowest BCUT2D eigenvalue weighted by Gasteiger charge is -2.28. The van der Waals surface area contributed by atoms with Crippen LogP contribution in [0.5, 0.6) is 0 Å². The van der Waals surface area contributed by atoms with E-state index in [4.69, 9.17) is 4.98 Å². The first-order valence-corrected chi connectivity index (χ1v) is 16.5. The number of pyridine rings is 1. The van der Waals surface area contributed by atoms with Crippen LogP contribution >= 0.6 is 0 Å². The zero-order valence-electron chi connectivity index (χ0n) is 27.6. The second-order valence-electron chi connectivity index (χ2n) is 12.9. The molecule has 5 aromatic carbocycles. The van der Waals surface area contributed by atoms with Crippen LogP contribution in [0.2, 0.25) is 0 Å². The molecular weight excluding hydrogens is 583 g/mol. The highest BCUT2D eigenvalue weighted by Crippen LogP contribution is 2.49. The fourth-order valence-corrected chi connectivity index (χ4v) is 7.36. The van der Waals surface area contributed by atoms with E-state index in [0.717, 1.165) is 22.8 Å². The van der Waals surface area contributed by atoms with Crippen molar-refractivity contribution in [2.75, 3.05) is 4.90 Å². The Bertz CT molecular complexity index is 2370. The van der Waals surface area contributed by atoms with Crippen molar-refractivity contribution in [3.05, 3.63) is 187 Å². The van der Waals surface area contributed by atoms with Crippen LogP contribution < -0.4 is 4.90 Å². The summed E-state index contributed by atoms with van der Waals surface area (Å²) in [6, 6.07) is 49.6. The van der Waals surface area contributed by atoms with E-state index < -0.39 is 0 Å². The van der Waals surface area contributed by atoms with Crippen molar-refractivity contribution in [3.8, 4) is 16.8 Å². The summed E-state index contributed by atoms with van der Waals surface area (Å²) < 4.78 is 2.36. The van der Waals surface area contributed by atoms with Crippen molar-refractivity contribution in [1.29, 1.82) is 0 Å². The van der Waals surface area contributed by atoms with E-state index >= 15 is 0 Å². The van der Waals surface area contributed by atoms with Crippen LogP contribution in [0.3, 0.4) is 0 Å². The number of para-hydroxylation sites is 2. The Kier molecular flexibility index (Phi) is 7.18. The lowest BCUT2D eigenvalue weighted by molar-refractivity contribution is 0.660. The van der Waals surface area contributed by atoms with Gasteiger partial charge in [0.1, 0.15) is 5.82 Å². The molecule has 0 saturated carbocycles. The summed E-state index contributed by atoms with van der Waals surface area (Å²) >= 11 is 0. The number of benzene rings is 5. The standard InChI is InChI=1S/C45H37N3/c1-5-34(30-41-31(2)37-17-9-11-19-40(37)45(41,3)4)47(44-21-13-14-28-46-44)36-25-22-32(23-26-36)33-24-27-43-39(29-33)38-18-10-12-20-42(38)48(43)35-15-7-6-8-16-35/h5-30H,2H2,1,3-4H3/b34-5+,41-30+. The third-order valence-corrected chi connectivity index (χ3v) is 9.79. The van der Waals surface area contributed by atoms with E-state index in [1.807, 2.05) is 18.3 Å². The predicted molar refractivity (Wildman–Crippen MR) is 203 cm³/mol. The molecule has 0 amide bonds. The Morgan fingerprint density at radius 2 is 1.40 bits per heavy atom. The molecule has 8 rings (SSSR count). The average Bonchev–Trinajstić information content (AvgIpc) is 3.56. The van der Waals surface area contributed by atoms with Gasteiger partial charge < -0.3 is 4.57 Å². The summed E-state index contributed by atoms with van der Waals surface area (Å²) in [6.45, 7) is 11.2. The van der Waals surface area contributed by atoms with Crippen molar-refractivity contribution >= 4 is 38.9 Å². The van der Waals surface area contributed by atoms with Gasteiger partial charge in [0, 0.05) is 39.5 Å². The molecule has 0 atom stereocenters. The molecule has 2 heterocycles.